The number of alkyl halides is 3. The van der Waals surface area contributed by atoms with Crippen LogP contribution in [0.25, 0.3) is 16.6 Å². The van der Waals surface area contributed by atoms with E-state index in [1.54, 1.807) is 34.6 Å². The Morgan fingerprint density at radius 1 is 1.05 bits per heavy atom. The molecule has 3 aromatic heterocycles. The molecule has 200 valence electrons. The number of fused-ring (bicyclic) bond motifs is 1. The first kappa shape index (κ1) is 26.7. The van der Waals surface area contributed by atoms with E-state index in [-0.39, 0.29) is 17.8 Å². The molecular formula is C24H23F4N7O3. The summed E-state index contributed by atoms with van der Waals surface area (Å²) in [6, 6.07) is 12.0. The number of rotatable bonds is 3. The van der Waals surface area contributed by atoms with Crippen LogP contribution >= 0.6 is 0 Å². The summed E-state index contributed by atoms with van der Waals surface area (Å²) in [7, 11) is 3.82. The molecule has 0 spiro atoms. The van der Waals surface area contributed by atoms with E-state index in [9.17, 15) is 22.4 Å². The van der Waals surface area contributed by atoms with Crippen LogP contribution < -0.4 is 0 Å². The van der Waals surface area contributed by atoms with Crippen LogP contribution in [-0.2, 0) is 11.8 Å². The second-order valence-electron chi connectivity index (χ2n) is 8.66. The predicted molar refractivity (Wildman–Crippen MR) is 127 cm³/mol. The Balaban J connectivity index is 0.000000426. The molecule has 0 saturated carbocycles. The standard InChI is InChI=1S/C22H22FN7O.C2HF3O2/c1-27-10-11-29(22(31)18-8-9-28(2)25-18)14-20(27)21-19-7-6-16(13-30(19)26-24-21)15-4-3-5-17(23)12-15;3-2(4,5)1(6)7/h3-9,12-13,20H,10-11,14H2,1-2H3;(H,6,7). The smallest absolute Gasteiger partial charge is 0.475 e. The summed E-state index contributed by atoms with van der Waals surface area (Å²) >= 11 is 0. The van der Waals surface area contributed by atoms with Gasteiger partial charge in [-0.25, -0.2) is 13.7 Å². The lowest BCUT2D eigenvalue weighted by Crippen LogP contribution is -2.49. The van der Waals surface area contributed by atoms with Crippen LogP contribution in [0.3, 0.4) is 0 Å². The zero-order valence-electron chi connectivity index (χ0n) is 20.3. The second kappa shape index (κ2) is 10.6. The zero-order chi connectivity index (χ0) is 27.6. The van der Waals surface area contributed by atoms with Gasteiger partial charge >= 0.3 is 12.1 Å². The van der Waals surface area contributed by atoms with E-state index in [2.05, 4.69) is 20.3 Å². The summed E-state index contributed by atoms with van der Waals surface area (Å²) in [4.78, 5) is 25.8. The molecule has 10 nitrogen and oxygen atoms in total. The number of halogens is 4. The van der Waals surface area contributed by atoms with E-state index in [0.29, 0.717) is 18.8 Å². The third kappa shape index (κ3) is 5.80. The van der Waals surface area contributed by atoms with Crippen molar-refractivity contribution in [2.75, 3.05) is 26.7 Å². The summed E-state index contributed by atoms with van der Waals surface area (Å²) in [5.41, 5.74) is 3.75. The number of carboxylic acid groups (broad SMARTS) is 1. The minimum Gasteiger partial charge on any atom is -0.475 e. The average Bonchev–Trinajstić information content (AvgIpc) is 3.49. The molecule has 1 N–H and O–H groups in total. The van der Waals surface area contributed by atoms with Gasteiger partial charge in [0.05, 0.1) is 11.6 Å². The number of carboxylic acids is 1. The lowest BCUT2D eigenvalue weighted by molar-refractivity contribution is -0.192. The number of likely N-dealkylation sites (N-methyl/N-ethyl adjacent to an activating group) is 1. The molecular weight excluding hydrogens is 510 g/mol. The third-order valence-electron chi connectivity index (χ3n) is 6.02. The SMILES string of the molecule is CN1CCN(C(=O)c2ccn(C)n2)CC1c1nnn2cc(-c3cccc(F)c3)ccc12.O=C(O)C(F)(F)F. The van der Waals surface area contributed by atoms with Gasteiger partial charge in [-0.1, -0.05) is 23.4 Å². The number of amides is 1. The van der Waals surface area contributed by atoms with Crippen molar-refractivity contribution < 1.29 is 32.3 Å². The van der Waals surface area contributed by atoms with Gasteiger partial charge in [0.25, 0.3) is 5.91 Å². The van der Waals surface area contributed by atoms with Gasteiger partial charge < -0.3 is 10.0 Å². The number of benzene rings is 1. The molecule has 1 aromatic carbocycles. The summed E-state index contributed by atoms with van der Waals surface area (Å²) < 4.78 is 48.7. The van der Waals surface area contributed by atoms with E-state index in [0.717, 1.165) is 28.9 Å². The van der Waals surface area contributed by atoms with E-state index in [4.69, 9.17) is 9.90 Å². The highest BCUT2D eigenvalue weighted by molar-refractivity contribution is 5.92. The Morgan fingerprint density at radius 2 is 1.79 bits per heavy atom. The summed E-state index contributed by atoms with van der Waals surface area (Å²) in [6.45, 7) is 1.86. The van der Waals surface area contributed by atoms with Crippen molar-refractivity contribution in [3.8, 4) is 11.1 Å². The van der Waals surface area contributed by atoms with Crippen molar-refractivity contribution in [1.82, 2.24) is 34.4 Å². The summed E-state index contributed by atoms with van der Waals surface area (Å²) in [5, 5.41) is 20.1. The Kier molecular flexibility index (Phi) is 7.44. The van der Waals surface area contributed by atoms with Crippen LogP contribution in [0.2, 0.25) is 0 Å². The molecule has 0 bridgehead atoms. The monoisotopic (exact) mass is 533 g/mol. The van der Waals surface area contributed by atoms with Crippen LogP contribution in [0.1, 0.15) is 22.2 Å². The van der Waals surface area contributed by atoms with Crippen LogP contribution in [0.5, 0.6) is 0 Å². The first-order chi connectivity index (χ1) is 17.9. The number of hydrogen-bond donors (Lipinski definition) is 1. The lowest BCUT2D eigenvalue weighted by Gasteiger charge is -2.38. The molecule has 1 aliphatic rings. The number of aromatic nitrogens is 5. The van der Waals surface area contributed by atoms with Crippen LogP contribution in [0.15, 0.2) is 54.9 Å². The Labute approximate surface area is 213 Å². The predicted octanol–water partition coefficient (Wildman–Crippen LogP) is 3.03. The van der Waals surface area contributed by atoms with Crippen molar-refractivity contribution in [2.24, 2.45) is 7.05 Å². The lowest BCUT2D eigenvalue weighted by atomic mass is 10.1. The molecule has 4 aromatic rings. The molecule has 0 radical (unpaired) electrons. The highest BCUT2D eigenvalue weighted by atomic mass is 19.4. The molecule has 38 heavy (non-hydrogen) atoms. The van der Waals surface area contributed by atoms with Gasteiger partial charge in [0.15, 0.2) is 0 Å². The van der Waals surface area contributed by atoms with Gasteiger partial charge in [0.2, 0.25) is 0 Å². The number of nitrogens with zero attached hydrogens (tertiary/aromatic N) is 7. The van der Waals surface area contributed by atoms with Gasteiger partial charge in [-0.05, 0) is 36.9 Å². The third-order valence-corrected chi connectivity index (χ3v) is 6.02. The summed E-state index contributed by atoms with van der Waals surface area (Å²) in [6.07, 6.45) is -1.47. The largest absolute Gasteiger partial charge is 0.490 e. The Bertz CT molecular complexity index is 1470. The van der Waals surface area contributed by atoms with Crippen LogP contribution in [0.4, 0.5) is 17.6 Å². The molecule has 14 heteroatoms. The molecule has 1 atom stereocenters. The highest BCUT2D eigenvalue weighted by Crippen LogP contribution is 2.28. The van der Waals surface area contributed by atoms with Crippen molar-refractivity contribution in [3.63, 3.8) is 0 Å². The number of hydrogen-bond acceptors (Lipinski definition) is 6. The maximum Gasteiger partial charge on any atom is 0.490 e. The fourth-order valence-electron chi connectivity index (χ4n) is 4.03. The Morgan fingerprint density at radius 3 is 2.42 bits per heavy atom. The van der Waals surface area contributed by atoms with Crippen molar-refractivity contribution in [2.45, 2.75) is 12.2 Å². The van der Waals surface area contributed by atoms with Crippen LogP contribution in [0, 0.1) is 5.82 Å². The van der Waals surface area contributed by atoms with Crippen molar-refractivity contribution in [3.05, 3.63) is 72.1 Å². The molecule has 1 amide bonds. The Hall–Kier alpha value is -4.33. The van der Waals surface area contributed by atoms with E-state index < -0.39 is 12.1 Å². The van der Waals surface area contributed by atoms with Gasteiger partial charge in [-0.2, -0.15) is 18.3 Å². The molecule has 1 fully saturated rings. The van der Waals surface area contributed by atoms with Gasteiger partial charge in [-0.15, -0.1) is 5.10 Å². The molecule has 1 unspecified atom stereocenters. The van der Waals surface area contributed by atoms with Gasteiger partial charge in [0, 0.05) is 44.6 Å². The first-order valence-electron chi connectivity index (χ1n) is 11.3. The quantitative estimate of drug-likeness (QED) is 0.404. The molecule has 4 heterocycles. The fourth-order valence-corrected chi connectivity index (χ4v) is 4.03. The molecule has 0 aliphatic carbocycles. The van der Waals surface area contributed by atoms with Crippen molar-refractivity contribution >= 4 is 17.4 Å². The summed E-state index contributed by atoms with van der Waals surface area (Å²) in [5.74, 6) is -3.12. The highest BCUT2D eigenvalue weighted by Gasteiger charge is 2.38. The van der Waals surface area contributed by atoms with E-state index >= 15 is 0 Å². The average molecular weight is 533 g/mol. The van der Waals surface area contributed by atoms with Crippen molar-refractivity contribution in [1.29, 1.82) is 0 Å². The fraction of sp³-hybridized carbons (Fsp3) is 0.292. The topological polar surface area (TPSA) is 109 Å². The van der Waals surface area contributed by atoms with E-state index in [1.807, 2.05) is 36.3 Å². The molecule has 1 aliphatic heterocycles. The van der Waals surface area contributed by atoms with Gasteiger partial charge in [-0.3, -0.25) is 14.4 Å². The number of aliphatic carboxylic acids is 1. The van der Waals surface area contributed by atoms with E-state index in [1.165, 1.54) is 12.1 Å². The number of piperazine rings is 1. The minimum atomic E-state index is -5.08. The zero-order valence-corrected chi connectivity index (χ0v) is 20.3. The second-order valence-corrected chi connectivity index (χ2v) is 8.66. The molecule has 5 rings (SSSR count). The van der Waals surface area contributed by atoms with Gasteiger partial charge in [0.1, 0.15) is 17.2 Å². The maximum atomic E-state index is 13.6. The number of aryl methyl sites for hydroxylation is 1. The number of pyridine rings is 1. The first-order valence-corrected chi connectivity index (χ1v) is 11.3. The number of carbonyl (C=O) groups excluding carboxylic acids is 1. The minimum absolute atomic E-state index is 0.0800. The maximum absolute atomic E-state index is 13.6. The normalized spacial score (nSPS) is 16.3. The molecule has 1 saturated heterocycles. The number of carbonyl (C=O) groups is 2. The van der Waals surface area contributed by atoms with Crippen LogP contribution in [-0.4, -0.2) is 84.2 Å².